The van der Waals surface area contributed by atoms with Crippen LogP contribution in [0.3, 0.4) is 0 Å². The van der Waals surface area contributed by atoms with E-state index in [-0.39, 0.29) is 35.1 Å². The average molecular weight is 958 g/mol. The van der Waals surface area contributed by atoms with Crippen molar-refractivity contribution < 1.29 is 24.0 Å². The average Bonchev–Trinajstić information content (AvgIpc) is 3.66. The molecular weight excluding hydrogens is 899 g/mol. The van der Waals surface area contributed by atoms with E-state index in [1.165, 1.54) is 17.7 Å². The van der Waals surface area contributed by atoms with Gasteiger partial charge in [0.2, 0.25) is 11.8 Å². The van der Waals surface area contributed by atoms with Crippen molar-refractivity contribution >= 4 is 58.2 Å². The predicted molar refractivity (Wildman–Crippen MR) is 268 cm³/mol. The van der Waals surface area contributed by atoms with Crippen LogP contribution >= 0.6 is 0 Å². The van der Waals surface area contributed by atoms with Gasteiger partial charge in [0.05, 0.1) is 23.0 Å². The highest BCUT2D eigenvalue weighted by Gasteiger charge is 2.59. The van der Waals surface area contributed by atoms with Crippen LogP contribution in [-0.4, -0.2) is 116 Å². The van der Waals surface area contributed by atoms with Crippen molar-refractivity contribution in [3.8, 4) is 11.1 Å². The van der Waals surface area contributed by atoms with Gasteiger partial charge in [0, 0.05) is 101 Å². The Morgan fingerprint density at radius 1 is 0.789 bits per heavy atom. The van der Waals surface area contributed by atoms with Crippen LogP contribution in [0.4, 0.5) is 28.7 Å². The lowest BCUT2D eigenvalue weighted by molar-refractivity contribution is -0.136. The Bertz CT molecular complexity index is 3170. The van der Waals surface area contributed by atoms with Gasteiger partial charge in [-0.15, -0.1) is 0 Å². The van der Waals surface area contributed by atoms with Gasteiger partial charge in [-0.3, -0.25) is 48.8 Å². The summed E-state index contributed by atoms with van der Waals surface area (Å²) in [5, 5.41) is 5.57. The number of piperidine rings is 2. The summed E-state index contributed by atoms with van der Waals surface area (Å²) in [6.45, 7) is 14.5. The molecule has 5 aromatic rings. The number of rotatable bonds is 8. The molecular formula is C54H59N11O6. The first-order valence-corrected chi connectivity index (χ1v) is 25.1. The van der Waals surface area contributed by atoms with Gasteiger partial charge in [-0.05, 0) is 128 Å². The lowest BCUT2D eigenvalue weighted by atomic mass is 9.87. The molecule has 2 aliphatic carbocycles. The first-order valence-electron chi connectivity index (χ1n) is 25.1. The highest BCUT2D eigenvalue weighted by molar-refractivity contribution is 6.23. The zero-order valence-corrected chi connectivity index (χ0v) is 41.0. The number of carbonyl (C=O) groups is 5. The quantitative estimate of drug-likeness (QED) is 0.188. The maximum Gasteiger partial charge on any atom is 0.276 e. The number of fused-ring (bicyclic) bond motifs is 4. The van der Waals surface area contributed by atoms with Gasteiger partial charge in [-0.25, -0.2) is 9.97 Å². The number of nitrogens with one attached hydrogen (secondary N) is 2. The van der Waals surface area contributed by atoms with E-state index >= 15 is 0 Å². The SMILES string of the molecule is Cc1c(-c2cc(Nc3ccc(N4CC[C@]5(C[C@@H]4C)C[C@H]5N4CCN(c5ccc6c(c5)C(=O)N(C5CCC(=O)NC5=O)C6=O)CC4)cn3)c(=O)n(C)c2)ccnc1N1CCn2c(cc3c2CC(C)(C)C3)C1=O. The zero-order chi connectivity index (χ0) is 49.2. The minimum Gasteiger partial charge on any atom is -0.369 e. The molecule has 17 nitrogen and oxygen atoms in total. The van der Waals surface area contributed by atoms with Gasteiger partial charge in [-0.1, -0.05) is 13.8 Å². The Balaban J connectivity index is 0.666. The molecule has 5 aliphatic heterocycles. The topological polar surface area (TPSA) is 178 Å². The maximum absolute atomic E-state index is 14.0. The number of aromatic nitrogens is 4. The molecule has 12 rings (SSSR count). The molecule has 5 amide bonds. The number of benzene rings is 1. The third-order valence-electron chi connectivity index (χ3n) is 16.7. The second kappa shape index (κ2) is 16.5. The number of carbonyl (C=O) groups excluding carboxylic acids is 5. The number of hydrogen-bond acceptors (Lipinski definition) is 12. The molecule has 9 heterocycles. The van der Waals surface area contributed by atoms with E-state index in [1.54, 1.807) is 34.8 Å². The molecule has 366 valence electrons. The largest absolute Gasteiger partial charge is 0.369 e. The van der Waals surface area contributed by atoms with Crippen molar-refractivity contribution in [3.63, 3.8) is 0 Å². The molecule has 3 saturated heterocycles. The van der Waals surface area contributed by atoms with Crippen molar-refractivity contribution in [2.75, 3.05) is 59.3 Å². The summed E-state index contributed by atoms with van der Waals surface area (Å²) in [6, 6.07) is 15.1. The third kappa shape index (κ3) is 7.53. The fourth-order valence-corrected chi connectivity index (χ4v) is 13.0. The Hall–Kier alpha value is -7.14. The Morgan fingerprint density at radius 3 is 2.34 bits per heavy atom. The number of piperazine rings is 1. The highest BCUT2D eigenvalue weighted by atomic mass is 16.2. The molecule has 1 saturated carbocycles. The number of pyridine rings is 3. The number of amides is 5. The van der Waals surface area contributed by atoms with Crippen LogP contribution in [0, 0.1) is 17.8 Å². The van der Waals surface area contributed by atoms with Crippen molar-refractivity contribution in [3.05, 3.63) is 111 Å². The van der Waals surface area contributed by atoms with Crippen molar-refractivity contribution in [1.82, 2.24) is 34.2 Å². The second-order valence-corrected chi connectivity index (χ2v) is 21.8. The van der Waals surface area contributed by atoms with E-state index in [4.69, 9.17) is 9.97 Å². The van der Waals surface area contributed by atoms with Crippen LogP contribution in [-0.2, 0) is 36.0 Å². The lowest BCUT2D eigenvalue weighted by Crippen LogP contribution is -2.54. The summed E-state index contributed by atoms with van der Waals surface area (Å²) < 4.78 is 3.79. The molecule has 0 bridgehead atoms. The van der Waals surface area contributed by atoms with E-state index in [1.807, 2.05) is 43.6 Å². The normalized spacial score (nSPS) is 24.9. The highest BCUT2D eigenvalue weighted by Crippen LogP contribution is 2.58. The summed E-state index contributed by atoms with van der Waals surface area (Å²) in [5.41, 5.74) is 9.14. The minimum absolute atomic E-state index is 0.0321. The van der Waals surface area contributed by atoms with E-state index in [2.05, 4.69) is 62.8 Å². The molecule has 4 aromatic heterocycles. The molecule has 1 spiro atoms. The Kier molecular flexibility index (Phi) is 10.4. The van der Waals surface area contributed by atoms with Crippen molar-refractivity contribution in [1.29, 1.82) is 0 Å². The molecule has 0 radical (unpaired) electrons. The van der Waals surface area contributed by atoms with Gasteiger partial charge < -0.3 is 24.3 Å². The molecule has 71 heavy (non-hydrogen) atoms. The van der Waals surface area contributed by atoms with Crippen LogP contribution in [0.5, 0.6) is 0 Å². The summed E-state index contributed by atoms with van der Waals surface area (Å²) in [6.07, 6.45) is 11.0. The Morgan fingerprint density at radius 2 is 1.58 bits per heavy atom. The van der Waals surface area contributed by atoms with E-state index in [0.717, 1.165) is 104 Å². The predicted octanol–water partition coefficient (Wildman–Crippen LogP) is 5.45. The monoisotopic (exact) mass is 957 g/mol. The second-order valence-electron chi connectivity index (χ2n) is 21.8. The molecule has 7 aliphatic rings. The summed E-state index contributed by atoms with van der Waals surface area (Å²) in [7, 11) is 1.75. The minimum atomic E-state index is -0.982. The number of hydrogen-bond donors (Lipinski definition) is 2. The number of anilines is 5. The molecule has 4 fully saturated rings. The smallest absolute Gasteiger partial charge is 0.276 e. The summed E-state index contributed by atoms with van der Waals surface area (Å²) >= 11 is 0. The van der Waals surface area contributed by atoms with Crippen LogP contribution in [0.1, 0.15) is 101 Å². The fourth-order valence-electron chi connectivity index (χ4n) is 13.0. The fraction of sp³-hybridized carbons (Fsp3) is 0.444. The molecule has 4 atom stereocenters. The van der Waals surface area contributed by atoms with Gasteiger partial charge in [0.25, 0.3) is 23.3 Å². The number of imide groups is 2. The van der Waals surface area contributed by atoms with Gasteiger partial charge >= 0.3 is 0 Å². The van der Waals surface area contributed by atoms with Gasteiger partial charge in [-0.2, -0.15) is 0 Å². The van der Waals surface area contributed by atoms with Crippen molar-refractivity contribution in [2.24, 2.45) is 17.9 Å². The maximum atomic E-state index is 14.0. The van der Waals surface area contributed by atoms with E-state index < -0.39 is 29.7 Å². The van der Waals surface area contributed by atoms with Crippen LogP contribution in [0.2, 0.25) is 0 Å². The summed E-state index contributed by atoms with van der Waals surface area (Å²) in [4.78, 5) is 98.2. The third-order valence-corrected chi connectivity index (χ3v) is 16.7. The molecule has 2 N–H and O–H groups in total. The van der Waals surface area contributed by atoms with Crippen molar-refractivity contribution in [2.45, 2.75) is 97.3 Å². The van der Waals surface area contributed by atoms with Crippen LogP contribution in [0.25, 0.3) is 11.1 Å². The zero-order valence-electron chi connectivity index (χ0n) is 41.0. The van der Waals surface area contributed by atoms with Gasteiger partial charge in [0.1, 0.15) is 29.1 Å². The first kappa shape index (κ1) is 45.0. The molecule has 17 heteroatoms. The van der Waals surface area contributed by atoms with Crippen LogP contribution in [0.15, 0.2) is 71.9 Å². The molecule has 1 unspecified atom stereocenters. The number of nitrogens with zero attached hydrogens (tertiary/aromatic N) is 9. The van der Waals surface area contributed by atoms with E-state index in [9.17, 15) is 28.8 Å². The van der Waals surface area contributed by atoms with Crippen LogP contribution < -0.4 is 30.9 Å². The number of aryl methyl sites for hydroxylation is 1. The lowest BCUT2D eigenvalue weighted by Gasteiger charge is -2.42. The first-order chi connectivity index (χ1) is 34.1. The standard InChI is InChI=1S/C54H59N11O6/c1-31-25-54(28-44(54)61-18-16-60(17-19-61)35-6-8-38-39(24-35)50(69)65(49(38)68)41-9-11-46(66)58-48(41)67)13-15-62(31)36-7-10-45(56-29-36)57-40-22-34(30-59(5)51(40)70)37-12-14-55-47(32(37)2)64-21-20-63-42(52(64)71)23-33-26-53(3,4)27-43(33)63/h6-8,10,12,14,22-24,29-31,41,44H,9,11,13,15-21,25-28H2,1-5H3,(H,56,57)(H,58,66,67)/t31-,41?,44+,54-/m0/s1. The molecule has 1 aromatic carbocycles. The van der Waals surface area contributed by atoms with E-state index in [0.29, 0.717) is 47.1 Å². The Labute approximate surface area is 411 Å². The van der Waals surface area contributed by atoms with Gasteiger partial charge in [0.15, 0.2) is 0 Å². The summed E-state index contributed by atoms with van der Waals surface area (Å²) in [5.74, 6) is -0.804.